The fourth-order valence-electron chi connectivity index (χ4n) is 2.65. The maximum absolute atomic E-state index is 14.6. The first-order valence-electron chi connectivity index (χ1n) is 8.63. The van der Waals surface area contributed by atoms with Crippen LogP contribution in [0, 0.1) is 18.6 Å². The molecule has 3 amide bonds. The standard InChI is InChI=1S/C19H16ClF2N5O3/c1-9(28)25-26-19(29)23-8-12-4-3-11(5-15(12)21)14-6-13(20)7-16(22)17(14)18-24-10(2)30-27-18/h3-7H,8H2,1-2H3,(H,25,28)(H2,23,26,29). The lowest BCUT2D eigenvalue weighted by atomic mass is 9.97. The van der Waals surface area contributed by atoms with Crippen molar-refractivity contribution in [2.24, 2.45) is 0 Å². The Morgan fingerprint density at radius 3 is 2.53 bits per heavy atom. The molecule has 3 N–H and O–H groups in total. The van der Waals surface area contributed by atoms with Crippen LogP contribution >= 0.6 is 11.6 Å². The van der Waals surface area contributed by atoms with Gasteiger partial charge in [0, 0.05) is 31.0 Å². The summed E-state index contributed by atoms with van der Waals surface area (Å²) < 4.78 is 34.2. The Morgan fingerprint density at radius 2 is 1.90 bits per heavy atom. The van der Waals surface area contributed by atoms with Gasteiger partial charge in [0.1, 0.15) is 11.6 Å². The van der Waals surface area contributed by atoms with Gasteiger partial charge in [-0.25, -0.2) is 19.0 Å². The Balaban J connectivity index is 1.88. The van der Waals surface area contributed by atoms with Gasteiger partial charge in [0.2, 0.25) is 17.6 Å². The molecular weight excluding hydrogens is 420 g/mol. The van der Waals surface area contributed by atoms with E-state index < -0.39 is 23.6 Å². The van der Waals surface area contributed by atoms with Crippen LogP contribution < -0.4 is 16.2 Å². The van der Waals surface area contributed by atoms with Crippen LogP contribution in [0.25, 0.3) is 22.5 Å². The summed E-state index contributed by atoms with van der Waals surface area (Å²) in [6.07, 6.45) is 0. The number of halogens is 3. The zero-order valence-electron chi connectivity index (χ0n) is 15.8. The second-order valence-electron chi connectivity index (χ2n) is 6.24. The normalized spacial score (nSPS) is 10.6. The Hall–Kier alpha value is -3.53. The number of nitrogens with zero attached hydrogens (tertiary/aromatic N) is 2. The molecular formula is C19H16ClF2N5O3. The first kappa shape index (κ1) is 21.2. The number of urea groups is 1. The second kappa shape index (κ2) is 8.87. The van der Waals surface area contributed by atoms with Crippen molar-refractivity contribution in [2.45, 2.75) is 20.4 Å². The molecule has 3 rings (SSSR count). The average molecular weight is 436 g/mol. The summed E-state index contributed by atoms with van der Waals surface area (Å²) in [5, 5.41) is 6.25. The van der Waals surface area contributed by atoms with Gasteiger partial charge in [-0.2, -0.15) is 4.98 Å². The maximum atomic E-state index is 14.6. The van der Waals surface area contributed by atoms with E-state index in [-0.39, 0.29) is 40.0 Å². The highest BCUT2D eigenvalue weighted by atomic mass is 35.5. The molecule has 30 heavy (non-hydrogen) atoms. The Bertz CT molecular complexity index is 1120. The Morgan fingerprint density at radius 1 is 1.13 bits per heavy atom. The lowest BCUT2D eigenvalue weighted by Gasteiger charge is -2.12. The van der Waals surface area contributed by atoms with Gasteiger partial charge in [-0.3, -0.25) is 10.2 Å². The topological polar surface area (TPSA) is 109 Å². The van der Waals surface area contributed by atoms with Crippen molar-refractivity contribution in [3.63, 3.8) is 0 Å². The second-order valence-corrected chi connectivity index (χ2v) is 6.68. The number of rotatable bonds is 4. The van der Waals surface area contributed by atoms with E-state index in [0.29, 0.717) is 5.56 Å². The first-order chi connectivity index (χ1) is 14.2. The van der Waals surface area contributed by atoms with Gasteiger partial charge in [0.25, 0.3) is 0 Å². The minimum absolute atomic E-state index is 0.0115. The molecule has 0 aliphatic rings. The van der Waals surface area contributed by atoms with Gasteiger partial charge in [-0.1, -0.05) is 28.9 Å². The molecule has 0 bridgehead atoms. The molecule has 0 aliphatic carbocycles. The van der Waals surface area contributed by atoms with E-state index in [2.05, 4.69) is 26.3 Å². The van der Waals surface area contributed by atoms with Gasteiger partial charge in [0.05, 0.1) is 5.56 Å². The van der Waals surface area contributed by atoms with Gasteiger partial charge in [-0.15, -0.1) is 0 Å². The van der Waals surface area contributed by atoms with Gasteiger partial charge >= 0.3 is 6.03 Å². The van der Waals surface area contributed by atoms with Crippen molar-refractivity contribution in [3.8, 4) is 22.5 Å². The fraction of sp³-hybridized carbons (Fsp3) is 0.158. The Labute approximate surface area is 174 Å². The molecule has 0 saturated heterocycles. The van der Waals surface area contributed by atoms with Crippen LogP contribution in [0.15, 0.2) is 34.9 Å². The number of nitrogens with one attached hydrogen (secondary N) is 3. The summed E-state index contributed by atoms with van der Waals surface area (Å²) in [4.78, 5) is 26.4. The SMILES string of the molecule is CC(=O)NNC(=O)NCc1ccc(-c2cc(Cl)cc(F)c2-c2noc(C)n2)cc1F. The van der Waals surface area contributed by atoms with E-state index in [9.17, 15) is 18.4 Å². The number of aryl methyl sites for hydroxylation is 1. The summed E-state index contributed by atoms with van der Waals surface area (Å²) >= 11 is 5.99. The monoisotopic (exact) mass is 435 g/mol. The van der Waals surface area contributed by atoms with Crippen LogP contribution in [0.5, 0.6) is 0 Å². The fourth-order valence-corrected chi connectivity index (χ4v) is 2.86. The Kier molecular flexibility index (Phi) is 6.26. The van der Waals surface area contributed by atoms with E-state index in [1.54, 1.807) is 13.0 Å². The largest absolute Gasteiger partial charge is 0.339 e. The first-order valence-corrected chi connectivity index (χ1v) is 9.01. The average Bonchev–Trinajstić information content (AvgIpc) is 3.10. The number of carbonyl (C=O) groups excluding carboxylic acids is 2. The number of hydrogen-bond donors (Lipinski definition) is 3. The van der Waals surface area contributed by atoms with Crippen molar-refractivity contribution < 1.29 is 22.9 Å². The molecule has 1 aromatic heterocycles. The van der Waals surface area contributed by atoms with E-state index in [0.717, 1.165) is 6.07 Å². The summed E-state index contributed by atoms with van der Waals surface area (Å²) in [6, 6.07) is 6.04. The molecule has 0 spiro atoms. The summed E-state index contributed by atoms with van der Waals surface area (Å²) in [6.45, 7) is 2.65. The highest BCUT2D eigenvalue weighted by molar-refractivity contribution is 6.31. The van der Waals surface area contributed by atoms with Crippen molar-refractivity contribution >= 4 is 23.5 Å². The third-order valence-corrected chi connectivity index (χ3v) is 4.18. The zero-order chi connectivity index (χ0) is 21.8. The van der Waals surface area contributed by atoms with Gasteiger partial charge < -0.3 is 9.84 Å². The highest BCUT2D eigenvalue weighted by Crippen LogP contribution is 2.36. The molecule has 0 fully saturated rings. The van der Waals surface area contributed by atoms with Crippen LogP contribution in [0.3, 0.4) is 0 Å². The quantitative estimate of drug-likeness (QED) is 0.543. The summed E-state index contributed by atoms with van der Waals surface area (Å²) in [5.74, 6) is -1.52. The molecule has 156 valence electrons. The van der Waals surface area contributed by atoms with Crippen molar-refractivity contribution in [1.82, 2.24) is 26.3 Å². The highest BCUT2D eigenvalue weighted by Gasteiger charge is 2.20. The van der Waals surface area contributed by atoms with E-state index in [4.69, 9.17) is 16.1 Å². The van der Waals surface area contributed by atoms with Crippen LogP contribution in [0.2, 0.25) is 5.02 Å². The lowest BCUT2D eigenvalue weighted by Crippen LogP contribution is -2.45. The molecule has 8 nitrogen and oxygen atoms in total. The number of hydrazine groups is 1. The van der Waals surface area contributed by atoms with Crippen molar-refractivity contribution in [2.75, 3.05) is 0 Å². The van der Waals surface area contributed by atoms with Crippen molar-refractivity contribution in [3.05, 3.63) is 58.4 Å². The third-order valence-electron chi connectivity index (χ3n) is 3.96. The smallest absolute Gasteiger partial charge is 0.333 e. The van der Waals surface area contributed by atoms with E-state index in [1.807, 2.05) is 0 Å². The summed E-state index contributed by atoms with van der Waals surface area (Å²) in [5.41, 5.74) is 5.01. The zero-order valence-corrected chi connectivity index (χ0v) is 16.6. The lowest BCUT2D eigenvalue weighted by molar-refractivity contribution is -0.119. The maximum Gasteiger partial charge on any atom is 0.333 e. The van der Waals surface area contributed by atoms with Crippen molar-refractivity contribution in [1.29, 1.82) is 0 Å². The molecule has 0 unspecified atom stereocenters. The summed E-state index contributed by atoms with van der Waals surface area (Å²) in [7, 11) is 0. The number of hydrogen-bond acceptors (Lipinski definition) is 5. The molecule has 11 heteroatoms. The van der Waals surface area contributed by atoms with Gasteiger partial charge in [-0.05, 0) is 29.3 Å². The van der Waals surface area contributed by atoms with Crippen LogP contribution in [-0.2, 0) is 11.3 Å². The number of amides is 3. The molecule has 3 aromatic rings. The predicted octanol–water partition coefficient (Wildman–Crippen LogP) is 3.49. The molecule has 2 aromatic carbocycles. The molecule has 0 atom stereocenters. The van der Waals surface area contributed by atoms with Crippen LogP contribution in [0.1, 0.15) is 18.4 Å². The van der Waals surface area contributed by atoms with E-state index >= 15 is 0 Å². The number of benzene rings is 2. The number of carbonyl (C=O) groups is 2. The van der Waals surface area contributed by atoms with Crippen LogP contribution in [0.4, 0.5) is 13.6 Å². The minimum atomic E-state index is -0.708. The molecule has 0 aliphatic heterocycles. The van der Waals surface area contributed by atoms with Crippen LogP contribution in [-0.4, -0.2) is 22.1 Å². The minimum Gasteiger partial charge on any atom is -0.339 e. The third kappa shape index (κ3) is 4.90. The molecule has 0 radical (unpaired) electrons. The number of aromatic nitrogens is 2. The predicted molar refractivity (Wildman–Crippen MR) is 104 cm³/mol. The molecule has 1 heterocycles. The molecule has 0 saturated carbocycles. The van der Waals surface area contributed by atoms with E-state index in [1.165, 1.54) is 25.1 Å². The van der Waals surface area contributed by atoms with Gasteiger partial charge in [0.15, 0.2) is 0 Å².